The molecular weight excluding hydrogens is 246 g/mol. The zero-order valence-corrected chi connectivity index (χ0v) is 11.2. The minimum absolute atomic E-state index is 0.116. The number of likely N-dealkylation sites (N-methyl/N-ethyl adjacent to an activating group) is 2. The Morgan fingerprint density at radius 3 is 3.05 bits per heavy atom. The van der Waals surface area contributed by atoms with Crippen LogP contribution in [0.4, 0.5) is 11.5 Å². The highest BCUT2D eigenvalue weighted by Gasteiger charge is 2.23. The summed E-state index contributed by atoms with van der Waals surface area (Å²) in [6, 6.07) is 3.74. The maximum Gasteiger partial charge on any atom is 0.386 e. The van der Waals surface area contributed by atoms with E-state index in [0.29, 0.717) is 18.3 Å². The highest BCUT2D eigenvalue weighted by Crippen LogP contribution is 2.20. The SMILES string of the molecule is CN1CCN(C)C(CNc2cccnc2[N+](=O)[O-])C1. The number of nitro groups is 1. The maximum absolute atomic E-state index is 10.9. The zero-order valence-electron chi connectivity index (χ0n) is 11.2. The number of nitrogens with one attached hydrogen (secondary N) is 1. The molecule has 2 rings (SSSR count). The molecule has 1 saturated heterocycles. The van der Waals surface area contributed by atoms with E-state index in [1.54, 1.807) is 12.1 Å². The van der Waals surface area contributed by atoms with Gasteiger partial charge in [0.05, 0.1) is 0 Å². The highest BCUT2D eigenvalue weighted by atomic mass is 16.6. The monoisotopic (exact) mass is 265 g/mol. The summed E-state index contributed by atoms with van der Waals surface area (Å²) >= 11 is 0. The van der Waals surface area contributed by atoms with Gasteiger partial charge in [-0.15, -0.1) is 0 Å². The van der Waals surface area contributed by atoms with Crippen LogP contribution in [0.25, 0.3) is 0 Å². The van der Waals surface area contributed by atoms with Crippen molar-refractivity contribution in [2.45, 2.75) is 6.04 Å². The molecule has 1 atom stereocenters. The van der Waals surface area contributed by atoms with Crippen LogP contribution in [0.15, 0.2) is 18.3 Å². The number of rotatable bonds is 4. The first-order chi connectivity index (χ1) is 9.08. The fraction of sp³-hybridized carbons (Fsp3) is 0.583. The van der Waals surface area contributed by atoms with E-state index in [-0.39, 0.29) is 5.82 Å². The van der Waals surface area contributed by atoms with Gasteiger partial charge in [-0.3, -0.25) is 4.90 Å². The molecule has 0 amide bonds. The lowest BCUT2D eigenvalue weighted by Gasteiger charge is -2.37. The third-order valence-electron chi connectivity index (χ3n) is 3.47. The molecule has 19 heavy (non-hydrogen) atoms. The minimum atomic E-state index is -0.459. The second-order valence-corrected chi connectivity index (χ2v) is 4.91. The number of anilines is 1. The van der Waals surface area contributed by atoms with Gasteiger partial charge in [0.1, 0.15) is 11.9 Å². The normalized spacial score (nSPS) is 21.3. The number of aromatic nitrogens is 1. The molecule has 7 heteroatoms. The first kappa shape index (κ1) is 13.7. The van der Waals surface area contributed by atoms with Crippen LogP contribution in [-0.4, -0.2) is 66.0 Å². The van der Waals surface area contributed by atoms with E-state index in [1.807, 2.05) is 0 Å². The van der Waals surface area contributed by atoms with Crippen LogP contribution in [0.3, 0.4) is 0 Å². The molecule has 1 aliphatic rings. The number of piperazine rings is 1. The number of hydrogen-bond donors (Lipinski definition) is 1. The van der Waals surface area contributed by atoms with E-state index >= 15 is 0 Å². The molecule has 2 heterocycles. The Bertz CT molecular complexity index is 454. The molecule has 1 N–H and O–H groups in total. The van der Waals surface area contributed by atoms with Crippen molar-refractivity contribution in [1.82, 2.24) is 14.8 Å². The van der Waals surface area contributed by atoms with Gasteiger partial charge in [0, 0.05) is 32.2 Å². The molecule has 7 nitrogen and oxygen atoms in total. The predicted molar refractivity (Wildman–Crippen MR) is 73.3 cm³/mol. The van der Waals surface area contributed by atoms with Crippen LogP contribution < -0.4 is 5.32 Å². The molecule has 0 aliphatic carbocycles. The lowest BCUT2D eigenvalue weighted by atomic mass is 10.2. The molecule has 1 unspecified atom stereocenters. The van der Waals surface area contributed by atoms with E-state index in [9.17, 15) is 10.1 Å². The van der Waals surface area contributed by atoms with Crippen molar-refractivity contribution in [3.8, 4) is 0 Å². The molecular formula is C12H19N5O2. The highest BCUT2D eigenvalue weighted by molar-refractivity contribution is 5.56. The van der Waals surface area contributed by atoms with E-state index in [1.165, 1.54) is 6.20 Å². The second-order valence-electron chi connectivity index (χ2n) is 4.91. The Hall–Kier alpha value is -1.73. The summed E-state index contributed by atoms with van der Waals surface area (Å²) in [4.78, 5) is 18.7. The third-order valence-corrected chi connectivity index (χ3v) is 3.47. The number of hydrogen-bond acceptors (Lipinski definition) is 6. The summed E-state index contributed by atoms with van der Waals surface area (Å²) in [7, 11) is 4.17. The summed E-state index contributed by atoms with van der Waals surface area (Å²) in [6.07, 6.45) is 1.43. The van der Waals surface area contributed by atoms with Gasteiger partial charge in [-0.25, -0.2) is 0 Å². The third kappa shape index (κ3) is 3.39. The topological polar surface area (TPSA) is 74.5 Å². The quantitative estimate of drug-likeness (QED) is 0.636. The minimum Gasteiger partial charge on any atom is -0.377 e. The predicted octanol–water partition coefficient (Wildman–Crippen LogP) is 0.647. The van der Waals surface area contributed by atoms with Crippen LogP contribution in [-0.2, 0) is 0 Å². The Labute approximate surface area is 112 Å². The fourth-order valence-corrected chi connectivity index (χ4v) is 2.23. The van der Waals surface area contributed by atoms with E-state index in [2.05, 4.69) is 34.2 Å². The molecule has 0 aromatic carbocycles. The van der Waals surface area contributed by atoms with Gasteiger partial charge < -0.3 is 20.3 Å². The Balaban J connectivity index is 2.00. The van der Waals surface area contributed by atoms with Crippen molar-refractivity contribution in [2.75, 3.05) is 45.6 Å². The van der Waals surface area contributed by atoms with Crippen LogP contribution in [0.1, 0.15) is 0 Å². The maximum atomic E-state index is 10.9. The molecule has 0 spiro atoms. The molecule has 1 aromatic rings. The zero-order chi connectivity index (χ0) is 13.8. The van der Waals surface area contributed by atoms with Crippen molar-refractivity contribution >= 4 is 11.5 Å². The smallest absolute Gasteiger partial charge is 0.377 e. The molecule has 0 saturated carbocycles. The average Bonchev–Trinajstić information content (AvgIpc) is 2.40. The van der Waals surface area contributed by atoms with Gasteiger partial charge in [-0.1, -0.05) is 0 Å². The van der Waals surface area contributed by atoms with Gasteiger partial charge in [0.25, 0.3) is 0 Å². The first-order valence-corrected chi connectivity index (χ1v) is 6.30. The lowest BCUT2D eigenvalue weighted by Crippen LogP contribution is -2.52. The van der Waals surface area contributed by atoms with Crippen molar-refractivity contribution < 1.29 is 4.92 Å². The number of pyridine rings is 1. The second kappa shape index (κ2) is 5.94. The van der Waals surface area contributed by atoms with Crippen LogP contribution in [0.5, 0.6) is 0 Å². The van der Waals surface area contributed by atoms with Crippen LogP contribution in [0.2, 0.25) is 0 Å². The van der Waals surface area contributed by atoms with Crippen LogP contribution >= 0.6 is 0 Å². The summed E-state index contributed by atoms with van der Waals surface area (Å²) in [5.41, 5.74) is 0.481. The van der Waals surface area contributed by atoms with Crippen molar-refractivity contribution in [1.29, 1.82) is 0 Å². The number of nitrogens with zero attached hydrogens (tertiary/aromatic N) is 4. The molecule has 1 aromatic heterocycles. The van der Waals surface area contributed by atoms with Crippen molar-refractivity contribution in [2.24, 2.45) is 0 Å². The Kier molecular flexibility index (Phi) is 4.28. The van der Waals surface area contributed by atoms with Gasteiger partial charge in [0.2, 0.25) is 0 Å². The summed E-state index contributed by atoms with van der Waals surface area (Å²) in [6.45, 7) is 3.70. The summed E-state index contributed by atoms with van der Waals surface area (Å²) in [5, 5.41) is 14.0. The van der Waals surface area contributed by atoms with Crippen molar-refractivity contribution in [3.63, 3.8) is 0 Å². The van der Waals surface area contributed by atoms with E-state index in [0.717, 1.165) is 19.6 Å². The van der Waals surface area contributed by atoms with Gasteiger partial charge in [-0.2, -0.15) is 0 Å². The summed E-state index contributed by atoms with van der Waals surface area (Å²) < 4.78 is 0. The Morgan fingerprint density at radius 1 is 1.53 bits per heavy atom. The van der Waals surface area contributed by atoms with Crippen LogP contribution in [0, 0.1) is 10.1 Å². The van der Waals surface area contributed by atoms with E-state index in [4.69, 9.17) is 0 Å². The lowest BCUT2D eigenvalue weighted by molar-refractivity contribution is -0.388. The molecule has 0 radical (unpaired) electrons. The first-order valence-electron chi connectivity index (χ1n) is 6.30. The molecule has 104 valence electrons. The van der Waals surface area contributed by atoms with Gasteiger partial charge in [0.15, 0.2) is 0 Å². The van der Waals surface area contributed by atoms with Gasteiger partial charge >= 0.3 is 5.82 Å². The van der Waals surface area contributed by atoms with Crippen molar-refractivity contribution in [3.05, 3.63) is 28.4 Å². The Morgan fingerprint density at radius 2 is 2.32 bits per heavy atom. The van der Waals surface area contributed by atoms with E-state index < -0.39 is 4.92 Å². The molecule has 0 bridgehead atoms. The average molecular weight is 265 g/mol. The summed E-state index contributed by atoms with van der Waals surface area (Å²) in [5.74, 6) is -0.116. The molecule has 1 aliphatic heterocycles. The molecule has 1 fully saturated rings. The fourth-order valence-electron chi connectivity index (χ4n) is 2.23. The van der Waals surface area contributed by atoms with Gasteiger partial charge in [-0.05, 0) is 36.1 Å². The standard InChI is InChI=1S/C12H19N5O2/c1-15-6-7-16(2)10(9-15)8-14-11-4-3-5-13-12(11)17(18)19/h3-5,10,14H,6-9H2,1-2H3. The largest absolute Gasteiger partial charge is 0.386 e.